The van der Waals surface area contributed by atoms with Crippen LogP contribution in [0.2, 0.25) is 0 Å². The van der Waals surface area contributed by atoms with E-state index in [0.717, 1.165) is 5.56 Å². The van der Waals surface area contributed by atoms with Gasteiger partial charge in [0.15, 0.2) is 5.78 Å². The maximum atomic E-state index is 12.8. The molecule has 0 aliphatic heterocycles. The summed E-state index contributed by atoms with van der Waals surface area (Å²) in [4.78, 5) is 29.2. The fourth-order valence-corrected chi connectivity index (χ4v) is 2.97. The highest BCUT2D eigenvalue weighted by atomic mass is 19.3. The normalized spacial score (nSPS) is 12.5. The number of carbonyl (C=O) groups excluding carboxylic acids is 2. The molecule has 1 amide bonds. The first kappa shape index (κ1) is 24.4. The van der Waals surface area contributed by atoms with E-state index in [9.17, 15) is 23.5 Å². The van der Waals surface area contributed by atoms with Crippen molar-refractivity contribution in [1.29, 1.82) is 0 Å². The Morgan fingerprint density at radius 2 is 1.84 bits per heavy atom. The van der Waals surface area contributed by atoms with Gasteiger partial charge in [0.2, 0.25) is 0 Å². The molecule has 1 heterocycles. The highest BCUT2D eigenvalue weighted by Crippen LogP contribution is 2.23. The Hall–Kier alpha value is -2.87. The molecule has 168 valence electrons. The van der Waals surface area contributed by atoms with Crippen molar-refractivity contribution in [2.75, 3.05) is 6.61 Å². The van der Waals surface area contributed by atoms with Crippen molar-refractivity contribution in [2.45, 2.75) is 59.1 Å². The highest BCUT2D eigenvalue weighted by Gasteiger charge is 2.24. The molecular weight excluding hydrogens is 406 g/mol. The summed E-state index contributed by atoms with van der Waals surface area (Å²) in [7, 11) is 0. The van der Waals surface area contributed by atoms with Crippen molar-refractivity contribution < 1.29 is 28.2 Å². The number of aliphatic hydroxyl groups is 1. The third-order valence-electron chi connectivity index (χ3n) is 4.59. The number of aromatic nitrogens is 1. The number of rotatable bonds is 9. The first-order chi connectivity index (χ1) is 14.3. The summed E-state index contributed by atoms with van der Waals surface area (Å²) < 4.78 is 30.0. The Morgan fingerprint density at radius 1 is 1.16 bits per heavy atom. The van der Waals surface area contributed by atoms with Crippen LogP contribution in [0.15, 0.2) is 30.3 Å². The second-order valence-electron chi connectivity index (χ2n) is 8.12. The first-order valence-electron chi connectivity index (χ1n) is 9.92. The smallest absolute Gasteiger partial charge is 0.272 e. The number of halogens is 2. The summed E-state index contributed by atoms with van der Waals surface area (Å²) in [5, 5.41) is 12.7. The van der Waals surface area contributed by atoms with Crippen molar-refractivity contribution in [3.05, 3.63) is 58.4 Å². The van der Waals surface area contributed by atoms with E-state index in [2.05, 4.69) is 10.3 Å². The van der Waals surface area contributed by atoms with Crippen LogP contribution in [0.1, 0.15) is 59.7 Å². The molecule has 6 nitrogen and oxygen atoms in total. The number of pyridine rings is 1. The van der Waals surface area contributed by atoms with Crippen LogP contribution in [0.25, 0.3) is 0 Å². The predicted octanol–water partition coefficient (Wildman–Crippen LogP) is 3.72. The third kappa shape index (κ3) is 7.40. The van der Waals surface area contributed by atoms with Gasteiger partial charge >= 0.3 is 0 Å². The standard InChI is InChI=1S/C23H28F2N2O4/c1-13-6-16(10-19(7-13)31-12-21(24)25)15(3)27-22(29)17-8-14(2)26-18(9-17)11-20(28)23(4,5)30/h6-10,15,21,30H,11-12H2,1-5H3,(H,27,29). The maximum absolute atomic E-state index is 12.8. The molecule has 31 heavy (non-hydrogen) atoms. The quantitative estimate of drug-likeness (QED) is 0.628. The van der Waals surface area contributed by atoms with Gasteiger partial charge in [-0.25, -0.2) is 8.78 Å². The maximum Gasteiger partial charge on any atom is 0.272 e. The number of ether oxygens (including phenoxy) is 1. The molecule has 8 heteroatoms. The van der Waals surface area contributed by atoms with Crippen LogP contribution in [-0.4, -0.2) is 40.4 Å². The molecule has 0 saturated heterocycles. The molecule has 0 bridgehead atoms. The van der Waals surface area contributed by atoms with Gasteiger partial charge in [-0.1, -0.05) is 6.07 Å². The van der Waals surface area contributed by atoms with E-state index in [1.54, 1.807) is 32.0 Å². The summed E-state index contributed by atoms with van der Waals surface area (Å²) in [6, 6.07) is 7.81. The highest BCUT2D eigenvalue weighted by molar-refractivity contribution is 5.95. The number of carbonyl (C=O) groups is 2. The second-order valence-corrected chi connectivity index (χ2v) is 8.12. The Morgan fingerprint density at radius 3 is 2.45 bits per heavy atom. The summed E-state index contributed by atoms with van der Waals surface area (Å²) in [5.74, 6) is -0.462. The van der Waals surface area contributed by atoms with Gasteiger partial charge in [-0.3, -0.25) is 14.6 Å². The molecular formula is C23H28F2N2O4. The van der Waals surface area contributed by atoms with E-state index >= 15 is 0 Å². The van der Waals surface area contributed by atoms with Crippen molar-refractivity contribution in [3.63, 3.8) is 0 Å². The van der Waals surface area contributed by atoms with Crippen LogP contribution in [0.3, 0.4) is 0 Å². The molecule has 2 N–H and O–H groups in total. The molecule has 1 aromatic heterocycles. The van der Waals surface area contributed by atoms with Crippen LogP contribution in [0, 0.1) is 13.8 Å². The average Bonchev–Trinajstić information content (AvgIpc) is 2.64. The fourth-order valence-electron chi connectivity index (χ4n) is 2.97. The van der Waals surface area contributed by atoms with E-state index < -0.39 is 30.5 Å². The first-order valence-corrected chi connectivity index (χ1v) is 9.92. The summed E-state index contributed by atoms with van der Waals surface area (Å²) in [5.41, 5.74) is 1.33. The number of aryl methyl sites for hydroxylation is 2. The van der Waals surface area contributed by atoms with Gasteiger partial charge in [0.25, 0.3) is 12.3 Å². The van der Waals surface area contributed by atoms with E-state index in [0.29, 0.717) is 28.3 Å². The lowest BCUT2D eigenvalue weighted by atomic mass is 9.98. The summed E-state index contributed by atoms with van der Waals surface area (Å²) in [6.45, 7) is 7.41. The van der Waals surface area contributed by atoms with Gasteiger partial charge in [0.1, 0.15) is 18.0 Å². The second kappa shape index (κ2) is 9.96. The van der Waals surface area contributed by atoms with Gasteiger partial charge in [0.05, 0.1) is 12.5 Å². The number of benzene rings is 1. The van der Waals surface area contributed by atoms with Gasteiger partial charge in [0, 0.05) is 17.0 Å². The van der Waals surface area contributed by atoms with Crippen LogP contribution in [-0.2, 0) is 11.2 Å². The van der Waals surface area contributed by atoms with E-state index in [-0.39, 0.29) is 12.3 Å². The fraction of sp³-hybridized carbons (Fsp3) is 0.435. The van der Waals surface area contributed by atoms with Gasteiger partial charge in [-0.2, -0.15) is 0 Å². The molecule has 2 aromatic rings. The lowest BCUT2D eigenvalue weighted by Gasteiger charge is -2.18. The van der Waals surface area contributed by atoms with Crippen molar-refractivity contribution in [2.24, 2.45) is 0 Å². The topological polar surface area (TPSA) is 88.5 Å². The van der Waals surface area contributed by atoms with Gasteiger partial charge in [-0.05, 0) is 70.0 Å². The van der Waals surface area contributed by atoms with Crippen LogP contribution in [0.5, 0.6) is 5.75 Å². The molecule has 0 aliphatic rings. The number of amides is 1. The Kier molecular flexibility index (Phi) is 7.84. The molecule has 1 unspecified atom stereocenters. The lowest BCUT2D eigenvalue weighted by molar-refractivity contribution is -0.133. The molecule has 0 saturated carbocycles. The number of hydrogen-bond donors (Lipinski definition) is 2. The summed E-state index contributed by atoms with van der Waals surface area (Å²) >= 11 is 0. The largest absolute Gasteiger partial charge is 0.488 e. The zero-order valence-electron chi connectivity index (χ0n) is 18.3. The minimum absolute atomic E-state index is 0.0935. The average molecular weight is 434 g/mol. The Labute approximate surface area is 180 Å². The minimum Gasteiger partial charge on any atom is -0.488 e. The van der Waals surface area contributed by atoms with Crippen LogP contribution in [0.4, 0.5) is 8.78 Å². The zero-order chi connectivity index (χ0) is 23.3. The molecule has 0 spiro atoms. The summed E-state index contributed by atoms with van der Waals surface area (Å²) in [6.07, 6.45) is -2.67. The van der Waals surface area contributed by atoms with Crippen molar-refractivity contribution >= 4 is 11.7 Å². The Bertz CT molecular complexity index is 955. The molecule has 2 rings (SSSR count). The third-order valence-corrected chi connectivity index (χ3v) is 4.59. The monoisotopic (exact) mass is 434 g/mol. The predicted molar refractivity (Wildman–Crippen MR) is 113 cm³/mol. The minimum atomic E-state index is -2.58. The molecule has 1 aromatic carbocycles. The molecule has 0 fully saturated rings. The van der Waals surface area contributed by atoms with E-state index in [1.807, 2.05) is 13.0 Å². The van der Waals surface area contributed by atoms with Crippen LogP contribution < -0.4 is 10.1 Å². The van der Waals surface area contributed by atoms with E-state index in [1.165, 1.54) is 19.9 Å². The van der Waals surface area contributed by atoms with Crippen LogP contribution >= 0.6 is 0 Å². The molecule has 0 radical (unpaired) electrons. The Balaban J connectivity index is 2.17. The van der Waals surface area contributed by atoms with Crippen molar-refractivity contribution in [1.82, 2.24) is 10.3 Å². The number of Topliss-reactive ketones (excluding diaryl/α,β-unsaturated/α-hetero) is 1. The number of hydrogen-bond acceptors (Lipinski definition) is 5. The van der Waals surface area contributed by atoms with Gasteiger partial charge in [-0.15, -0.1) is 0 Å². The molecule has 0 aliphatic carbocycles. The van der Waals surface area contributed by atoms with Gasteiger partial charge < -0.3 is 15.2 Å². The number of nitrogens with zero attached hydrogens (tertiary/aromatic N) is 1. The zero-order valence-corrected chi connectivity index (χ0v) is 18.3. The molecule has 1 atom stereocenters. The lowest BCUT2D eigenvalue weighted by Crippen LogP contribution is -2.33. The SMILES string of the molecule is Cc1cc(OCC(F)F)cc(C(C)NC(=O)c2cc(C)nc(CC(=O)C(C)(C)O)c2)c1. The van der Waals surface area contributed by atoms with Crippen molar-refractivity contribution in [3.8, 4) is 5.75 Å². The number of ketones is 1. The van der Waals surface area contributed by atoms with E-state index in [4.69, 9.17) is 4.74 Å². The number of nitrogens with one attached hydrogen (secondary N) is 1. The number of alkyl halides is 2.